The molecule has 4 heteroatoms. The smallest absolute Gasteiger partial charge is 0.166 e. The van der Waals surface area contributed by atoms with Crippen molar-refractivity contribution in [2.45, 2.75) is 33.9 Å². The summed E-state index contributed by atoms with van der Waals surface area (Å²) >= 11 is 2.19. The molecule has 27 heavy (non-hydrogen) atoms. The average molecular weight is 480 g/mol. The van der Waals surface area contributed by atoms with E-state index < -0.39 is 11.7 Å². The number of benzene rings is 3. The Morgan fingerprint density at radius 1 is 0.667 bits per heavy atom. The second kappa shape index (κ2) is 7.30. The van der Waals surface area contributed by atoms with E-state index in [0.717, 1.165) is 37.0 Å². The van der Waals surface area contributed by atoms with Crippen LogP contribution in [0.3, 0.4) is 0 Å². The Bertz CT molecular complexity index is 904. The Morgan fingerprint density at radius 2 is 1.00 bits per heavy atom. The van der Waals surface area contributed by atoms with Crippen molar-refractivity contribution in [3.63, 3.8) is 0 Å². The summed E-state index contributed by atoms with van der Waals surface area (Å²) in [6.45, 7) is 7.77. The predicted octanol–water partition coefficient (Wildman–Crippen LogP) is 7.88. The molecular formula is C23H20F3I. The van der Waals surface area contributed by atoms with E-state index in [9.17, 15) is 13.2 Å². The molecule has 0 aliphatic heterocycles. The molecule has 140 valence electrons. The minimum atomic E-state index is -4.40. The molecule has 3 rings (SSSR count). The van der Waals surface area contributed by atoms with Gasteiger partial charge >= 0.3 is 6.18 Å². The Labute approximate surface area is 171 Å². The fourth-order valence-corrected chi connectivity index (χ4v) is 4.48. The molecule has 0 amide bonds. The van der Waals surface area contributed by atoms with Gasteiger partial charge in [0.1, 0.15) is 0 Å². The number of hydrogen-bond acceptors (Lipinski definition) is 0. The molecule has 0 aromatic heterocycles. The minimum absolute atomic E-state index is 0.613. The highest BCUT2D eigenvalue weighted by Crippen LogP contribution is 2.43. The lowest BCUT2D eigenvalue weighted by Crippen LogP contribution is -2.07. The second-order valence-corrected chi connectivity index (χ2v) is 8.00. The first-order chi connectivity index (χ1) is 12.6. The van der Waals surface area contributed by atoms with E-state index in [1.54, 1.807) is 0 Å². The van der Waals surface area contributed by atoms with Crippen LogP contribution in [0.15, 0.2) is 48.5 Å². The highest BCUT2D eigenvalue weighted by Gasteiger charge is 2.33. The number of rotatable bonds is 2. The largest absolute Gasteiger partial charge is 0.416 e. The first-order valence-corrected chi connectivity index (χ1v) is 9.73. The van der Waals surface area contributed by atoms with E-state index in [1.165, 1.54) is 12.1 Å². The van der Waals surface area contributed by atoms with Crippen LogP contribution in [0.2, 0.25) is 0 Å². The van der Waals surface area contributed by atoms with Crippen molar-refractivity contribution < 1.29 is 13.2 Å². The van der Waals surface area contributed by atoms with Crippen LogP contribution in [0.1, 0.15) is 27.8 Å². The Balaban J connectivity index is 2.43. The van der Waals surface area contributed by atoms with Gasteiger partial charge in [0.05, 0.1) is 5.56 Å². The summed E-state index contributed by atoms with van der Waals surface area (Å²) in [6.07, 6.45) is -4.40. The zero-order valence-corrected chi connectivity index (χ0v) is 17.8. The maximum absolute atomic E-state index is 13.7. The Hall–Kier alpha value is -1.82. The summed E-state index contributed by atoms with van der Waals surface area (Å²) in [4.78, 5) is 0. The standard InChI is InChI=1S/C23H20F3I/c1-13-7-5-8-14(2)20(13)18-11-17(23(24,25)26)12-19(22(18)27)21-15(3)9-6-10-16(21)4/h5-12H,1-4H3. The third-order valence-corrected chi connectivity index (χ3v) is 6.06. The normalized spacial score (nSPS) is 11.7. The summed E-state index contributed by atoms with van der Waals surface area (Å²) in [5.74, 6) is 0. The fourth-order valence-electron chi connectivity index (χ4n) is 3.63. The molecule has 0 saturated heterocycles. The maximum atomic E-state index is 13.7. The van der Waals surface area contributed by atoms with E-state index in [0.29, 0.717) is 11.1 Å². The van der Waals surface area contributed by atoms with Gasteiger partial charge in [0.25, 0.3) is 0 Å². The summed E-state index contributed by atoms with van der Waals surface area (Å²) < 4.78 is 42.0. The van der Waals surface area contributed by atoms with Gasteiger partial charge in [-0.3, -0.25) is 0 Å². The molecule has 0 aliphatic carbocycles. The molecule has 0 N–H and O–H groups in total. The van der Waals surface area contributed by atoms with Crippen molar-refractivity contribution in [1.29, 1.82) is 0 Å². The summed E-state index contributed by atoms with van der Waals surface area (Å²) in [6, 6.07) is 14.2. The quantitative estimate of drug-likeness (QED) is 0.328. The van der Waals surface area contributed by atoms with E-state index in [2.05, 4.69) is 22.6 Å². The molecule has 0 aliphatic rings. The van der Waals surface area contributed by atoms with Crippen LogP contribution in [0, 0.1) is 31.3 Å². The van der Waals surface area contributed by atoms with Gasteiger partial charge in [0.15, 0.2) is 0 Å². The first kappa shape index (κ1) is 19.9. The van der Waals surface area contributed by atoms with E-state index in [4.69, 9.17) is 0 Å². The molecule has 3 aromatic rings. The highest BCUT2D eigenvalue weighted by atomic mass is 127. The van der Waals surface area contributed by atoms with Gasteiger partial charge in [-0.05, 0) is 107 Å². The van der Waals surface area contributed by atoms with E-state index in [1.807, 2.05) is 64.1 Å². The summed E-state index contributed by atoms with van der Waals surface area (Å²) in [7, 11) is 0. The molecule has 0 unspecified atom stereocenters. The third kappa shape index (κ3) is 3.77. The van der Waals surface area contributed by atoms with Crippen molar-refractivity contribution >= 4 is 22.6 Å². The molecule has 0 bridgehead atoms. The molecule has 0 atom stereocenters. The van der Waals surface area contributed by atoms with Gasteiger partial charge in [-0.15, -0.1) is 0 Å². The van der Waals surface area contributed by atoms with Gasteiger partial charge in [-0.1, -0.05) is 36.4 Å². The van der Waals surface area contributed by atoms with Gasteiger partial charge in [0.2, 0.25) is 0 Å². The minimum Gasteiger partial charge on any atom is -0.166 e. The van der Waals surface area contributed by atoms with Crippen molar-refractivity contribution in [1.82, 2.24) is 0 Å². The van der Waals surface area contributed by atoms with Crippen LogP contribution < -0.4 is 0 Å². The molecule has 0 fully saturated rings. The topological polar surface area (TPSA) is 0 Å². The molecule has 0 radical (unpaired) electrons. The third-order valence-electron chi connectivity index (χ3n) is 4.90. The molecular weight excluding hydrogens is 460 g/mol. The zero-order valence-electron chi connectivity index (χ0n) is 15.6. The van der Waals surface area contributed by atoms with Crippen molar-refractivity contribution in [3.05, 3.63) is 79.9 Å². The lowest BCUT2D eigenvalue weighted by molar-refractivity contribution is -0.137. The maximum Gasteiger partial charge on any atom is 0.416 e. The number of aryl methyl sites for hydroxylation is 4. The highest BCUT2D eigenvalue weighted by molar-refractivity contribution is 14.1. The average Bonchev–Trinajstić information content (AvgIpc) is 2.56. The molecule has 0 nitrogen and oxygen atoms in total. The predicted molar refractivity (Wildman–Crippen MR) is 114 cm³/mol. The SMILES string of the molecule is Cc1cccc(C)c1-c1cc(C(F)(F)F)cc(-c2c(C)cccc2C)c1I. The molecule has 0 saturated carbocycles. The van der Waals surface area contributed by atoms with Crippen LogP contribution in [0.25, 0.3) is 22.3 Å². The monoisotopic (exact) mass is 480 g/mol. The molecule has 0 spiro atoms. The summed E-state index contributed by atoms with van der Waals surface area (Å²) in [5.41, 5.74) is 6.30. The van der Waals surface area contributed by atoms with Crippen molar-refractivity contribution in [3.8, 4) is 22.3 Å². The number of hydrogen-bond donors (Lipinski definition) is 0. The molecule has 3 aromatic carbocycles. The molecule has 0 heterocycles. The fraction of sp³-hybridized carbons (Fsp3) is 0.217. The number of alkyl halides is 3. The summed E-state index contributed by atoms with van der Waals surface area (Å²) in [5, 5.41) is 0. The lowest BCUT2D eigenvalue weighted by Gasteiger charge is -2.20. The zero-order chi connectivity index (χ0) is 19.9. The van der Waals surface area contributed by atoms with Crippen LogP contribution >= 0.6 is 22.6 Å². The van der Waals surface area contributed by atoms with Gasteiger partial charge < -0.3 is 0 Å². The Kier molecular flexibility index (Phi) is 5.39. The van der Waals surface area contributed by atoms with Crippen molar-refractivity contribution in [2.75, 3.05) is 0 Å². The van der Waals surface area contributed by atoms with Gasteiger partial charge in [-0.2, -0.15) is 13.2 Å². The van der Waals surface area contributed by atoms with E-state index >= 15 is 0 Å². The van der Waals surface area contributed by atoms with Crippen LogP contribution in [-0.4, -0.2) is 0 Å². The van der Waals surface area contributed by atoms with Crippen LogP contribution in [-0.2, 0) is 6.18 Å². The van der Waals surface area contributed by atoms with Gasteiger partial charge in [-0.25, -0.2) is 0 Å². The Morgan fingerprint density at radius 3 is 1.30 bits per heavy atom. The van der Waals surface area contributed by atoms with Crippen LogP contribution in [0.5, 0.6) is 0 Å². The number of halogens is 4. The van der Waals surface area contributed by atoms with Gasteiger partial charge in [0, 0.05) is 3.57 Å². The first-order valence-electron chi connectivity index (χ1n) is 8.65. The van der Waals surface area contributed by atoms with Crippen molar-refractivity contribution in [2.24, 2.45) is 0 Å². The van der Waals surface area contributed by atoms with E-state index in [-0.39, 0.29) is 0 Å². The lowest BCUT2D eigenvalue weighted by atomic mass is 9.89. The van der Waals surface area contributed by atoms with Crippen LogP contribution in [0.4, 0.5) is 13.2 Å². The second-order valence-electron chi connectivity index (χ2n) is 6.92.